The Bertz CT molecular complexity index is 439. The third-order valence-corrected chi connectivity index (χ3v) is 5.51. The molecule has 3 nitrogen and oxygen atoms in total. The van der Waals surface area contributed by atoms with Crippen molar-refractivity contribution in [2.75, 3.05) is 7.11 Å². The van der Waals surface area contributed by atoms with Crippen LogP contribution >= 0.6 is 0 Å². The zero-order chi connectivity index (χ0) is 12.3. The predicted molar refractivity (Wildman–Crippen MR) is 67.7 cm³/mol. The maximum absolute atomic E-state index is 6.42. The summed E-state index contributed by atoms with van der Waals surface area (Å²) in [6.07, 6.45) is 4.37. The van der Waals surface area contributed by atoms with E-state index in [-0.39, 0.29) is 6.04 Å². The highest BCUT2D eigenvalue weighted by Crippen LogP contribution is 2.71. The van der Waals surface area contributed by atoms with E-state index in [9.17, 15) is 0 Å². The second-order valence-corrected chi connectivity index (χ2v) is 6.33. The van der Waals surface area contributed by atoms with Crippen molar-refractivity contribution in [3.05, 3.63) is 23.7 Å². The van der Waals surface area contributed by atoms with E-state index in [0.29, 0.717) is 12.5 Å². The van der Waals surface area contributed by atoms with Crippen LogP contribution in [0.5, 0.6) is 0 Å². The second kappa shape index (κ2) is 3.84. The van der Waals surface area contributed by atoms with E-state index < -0.39 is 0 Å². The number of nitrogens with two attached hydrogens (primary N) is 1. The van der Waals surface area contributed by atoms with E-state index in [1.165, 1.54) is 19.3 Å². The normalized spacial score (nSPS) is 42.0. The molecule has 1 aromatic heterocycles. The van der Waals surface area contributed by atoms with E-state index in [2.05, 4.69) is 0 Å². The van der Waals surface area contributed by atoms with Crippen LogP contribution < -0.4 is 5.73 Å². The second-order valence-electron chi connectivity index (χ2n) is 6.33. The van der Waals surface area contributed by atoms with Crippen molar-refractivity contribution in [3.8, 4) is 0 Å². The molecule has 5 unspecified atom stereocenters. The van der Waals surface area contributed by atoms with Gasteiger partial charge in [-0.1, -0.05) is 0 Å². The Morgan fingerprint density at radius 1 is 1.33 bits per heavy atom. The third-order valence-electron chi connectivity index (χ3n) is 5.51. The molecule has 0 amide bonds. The molecule has 3 fully saturated rings. The first kappa shape index (κ1) is 11.1. The molecular weight excluding hydrogens is 226 g/mol. The molecule has 3 aliphatic rings. The van der Waals surface area contributed by atoms with Crippen LogP contribution in [0.2, 0.25) is 0 Å². The minimum Gasteiger partial charge on any atom is -0.462 e. The lowest BCUT2D eigenvalue weighted by Crippen LogP contribution is -2.16. The van der Waals surface area contributed by atoms with Crippen LogP contribution in [0, 0.1) is 29.6 Å². The Labute approximate surface area is 108 Å². The van der Waals surface area contributed by atoms with Gasteiger partial charge in [-0.15, -0.1) is 0 Å². The Morgan fingerprint density at radius 2 is 2.06 bits per heavy atom. The molecular formula is C15H21NO2. The van der Waals surface area contributed by atoms with Gasteiger partial charge in [-0.2, -0.15) is 0 Å². The molecule has 1 heterocycles. The Morgan fingerprint density at radius 3 is 2.72 bits per heavy atom. The lowest BCUT2D eigenvalue weighted by atomic mass is 9.97. The number of hydrogen-bond acceptors (Lipinski definition) is 3. The first-order chi connectivity index (χ1) is 8.79. The molecule has 0 spiro atoms. The molecule has 3 saturated carbocycles. The zero-order valence-electron chi connectivity index (χ0n) is 10.8. The average molecular weight is 247 g/mol. The maximum Gasteiger partial charge on any atom is 0.129 e. The molecule has 3 heteroatoms. The molecule has 0 radical (unpaired) electrons. The van der Waals surface area contributed by atoms with Crippen LogP contribution in [0.15, 0.2) is 16.5 Å². The van der Waals surface area contributed by atoms with Gasteiger partial charge in [0.2, 0.25) is 0 Å². The molecule has 1 aromatic rings. The van der Waals surface area contributed by atoms with E-state index in [4.69, 9.17) is 14.9 Å². The summed E-state index contributed by atoms with van der Waals surface area (Å²) in [5.74, 6) is 6.31. The Balaban J connectivity index is 1.49. The summed E-state index contributed by atoms with van der Waals surface area (Å²) >= 11 is 0. The number of fused-ring (bicyclic) bond motifs is 5. The van der Waals surface area contributed by atoms with Gasteiger partial charge in [0.1, 0.15) is 18.1 Å². The van der Waals surface area contributed by atoms with Crippen molar-refractivity contribution in [2.24, 2.45) is 35.3 Å². The van der Waals surface area contributed by atoms with Crippen LogP contribution in [0.1, 0.15) is 36.8 Å². The van der Waals surface area contributed by atoms with Gasteiger partial charge in [-0.25, -0.2) is 0 Å². The summed E-state index contributed by atoms with van der Waals surface area (Å²) in [5, 5.41) is 0. The lowest BCUT2D eigenvalue weighted by molar-refractivity contribution is 0.161. The van der Waals surface area contributed by atoms with Gasteiger partial charge in [-0.3, -0.25) is 0 Å². The van der Waals surface area contributed by atoms with Crippen LogP contribution in [-0.2, 0) is 11.3 Å². The minimum atomic E-state index is 0.106. The molecule has 98 valence electrons. The van der Waals surface area contributed by atoms with Crippen molar-refractivity contribution < 1.29 is 9.15 Å². The van der Waals surface area contributed by atoms with Gasteiger partial charge in [0.25, 0.3) is 0 Å². The van der Waals surface area contributed by atoms with E-state index >= 15 is 0 Å². The minimum absolute atomic E-state index is 0.106. The van der Waals surface area contributed by atoms with Crippen LogP contribution in [0.25, 0.3) is 0 Å². The zero-order valence-corrected chi connectivity index (χ0v) is 10.8. The van der Waals surface area contributed by atoms with Gasteiger partial charge in [0.15, 0.2) is 0 Å². The first-order valence-corrected chi connectivity index (χ1v) is 7.12. The fraction of sp³-hybridized carbons (Fsp3) is 0.733. The standard InChI is InChI=1S/C15H21NO2/c1-17-7-10-4-5-11(18-10)15(16)14-12-8-2-3-9(6-8)13(12)14/h4-5,8-9,12-15H,2-3,6-7,16H2,1H3. The number of rotatable bonds is 4. The predicted octanol–water partition coefficient (Wildman–Crippen LogP) is 2.72. The van der Waals surface area contributed by atoms with Crippen molar-refractivity contribution >= 4 is 0 Å². The number of methoxy groups -OCH3 is 1. The summed E-state index contributed by atoms with van der Waals surface area (Å²) in [6.45, 7) is 0.537. The highest BCUT2D eigenvalue weighted by Gasteiger charge is 2.66. The smallest absolute Gasteiger partial charge is 0.129 e. The van der Waals surface area contributed by atoms with Crippen molar-refractivity contribution in [3.63, 3.8) is 0 Å². The molecule has 2 bridgehead atoms. The summed E-state index contributed by atoms with van der Waals surface area (Å²) < 4.78 is 10.9. The number of furan rings is 1. The molecule has 0 aromatic carbocycles. The number of hydrogen-bond donors (Lipinski definition) is 1. The van der Waals surface area contributed by atoms with E-state index in [1.807, 2.05) is 12.1 Å². The van der Waals surface area contributed by atoms with Gasteiger partial charge in [-0.05, 0) is 61.0 Å². The summed E-state index contributed by atoms with van der Waals surface area (Å²) in [5.41, 5.74) is 6.42. The molecule has 4 rings (SSSR count). The van der Waals surface area contributed by atoms with Gasteiger partial charge >= 0.3 is 0 Å². The summed E-state index contributed by atoms with van der Waals surface area (Å²) in [6, 6.07) is 4.13. The summed E-state index contributed by atoms with van der Waals surface area (Å²) in [7, 11) is 1.69. The monoisotopic (exact) mass is 247 g/mol. The fourth-order valence-electron chi connectivity index (χ4n) is 4.86. The SMILES string of the molecule is COCc1ccc(C(N)C2C3C4CCC(C4)C32)o1. The highest BCUT2D eigenvalue weighted by atomic mass is 16.5. The molecule has 2 N–H and O–H groups in total. The van der Waals surface area contributed by atoms with E-state index in [0.717, 1.165) is 35.2 Å². The molecule has 0 saturated heterocycles. The van der Waals surface area contributed by atoms with Crippen LogP contribution in [-0.4, -0.2) is 7.11 Å². The van der Waals surface area contributed by atoms with Crippen molar-refractivity contribution in [2.45, 2.75) is 31.9 Å². The van der Waals surface area contributed by atoms with Crippen molar-refractivity contribution in [1.82, 2.24) is 0 Å². The van der Waals surface area contributed by atoms with Gasteiger partial charge < -0.3 is 14.9 Å². The molecule has 18 heavy (non-hydrogen) atoms. The highest BCUT2D eigenvalue weighted by molar-refractivity contribution is 5.21. The Hall–Kier alpha value is -0.800. The Kier molecular flexibility index (Phi) is 2.36. The third kappa shape index (κ3) is 1.44. The molecule has 0 aliphatic heterocycles. The first-order valence-electron chi connectivity index (χ1n) is 7.12. The number of ether oxygens (including phenoxy) is 1. The fourth-order valence-corrected chi connectivity index (χ4v) is 4.86. The van der Waals surface area contributed by atoms with Crippen molar-refractivity contribution in [1.29, 1.82) is 0 Å². The van der Waals surface area contributed by atoms with Gasteiger partial charge in [0, 0.05) is 7.11 Å². The largest absolute Gasteiger partial charge is 0.462 e. The van der Waals surface area contributed by atoms with Gasteiger partial charge in [0.05, 0.1) is 6.04 Å². The topological polar surface area (TPSA) is 48.4 Å². The molecule has 5 atom stereocenters. The lowest BCUT2D eigenvalue weighted by Gasteiger charge is -2.14. The maximum atomic E-state index is 6.42. The summed E-state index contributed by atoms with van der Waals surface area (Å²) in [4.78, 5) is 0. The van der Waals surface area contributed by atoms with E-state index in [1.54, 1.807) is 7.11 Å². The quantitative estimate of drug-likeness (QED) is 0.890. The average Bonchev–Trinajstić information content (AvgIpc) is 2.76. The molecule has 3 aliphatic carbocycles. The van der Waals surface area contributed by atoms with Crippen LogP contribution in [0.3, 0.4) is 0 Å². The van der Waals surface area contributed by atoms with Crippen LogP contribution in [0.4, 0.5) is 0 Å².